The van der Waals surface area contributed by atoms with Crippen molar-refractivity contribution in [3.05, 3.63) is 60.1 Å². The molecule has 3 nitrogen and oxygen atoms in total. The molecule has 4 heteroatoms. The van der Waals surface area contributed by atoms with E-state index < -0.39 is 6.17 Å². The Kier molecular flexibility index (Phi) is 8.62. The molecule has 114 valence electrons. The van der Waals surface area contributed by atoms with Crippen LogP contribution in [-0.2, 0) is 0 Å². The molecule has 0 fully saturated rings. The summed E-state index contributed by atoms with van der Waals surface area (Å²) < 4.78 is 12.9. The maximum Gasteiger partial charge on any atom is 0.123 e. The van der Waals surface area contributed by atoms with Crippen LogP contribution in [0.3, 0.4) is 0 Å². The molecule has 0 amide bonds. The van der Waals surface area contributed by atoms with Gasteiger partial charge in [0.1, 0.15) is 12.0 Å². The largest absolute Gasteiger partial charge is 0.384 e. The average molecular weight is 289 g/mol. The van der Waals surface area contributed by atoms with Gasteiger partial charge >= 0.3 is 0 Å². The van der Waals surface area contributed by atoms with E-state index in [-0.39, 0.29) is 0 Å². The summed E-state index contributed by atoms with van der Waals surface area (Å²) in [5, 5.41) is 0. The first-order chi connectivity index (χ1) is 9.77. The summed E-state index contributed by atoms with van der Waals surface area (Å²) in [7, 11) is 0. The standard InChI is InChI=1S/C17H24FN3/c1-7-20-17(19)10-13(3)14(4)11-21-15(5)9-8-12(2)16(6)18/h7-11,16H,2-3,19H2,1,4-6H3/b9-8-,14-11+,17-10-,20-7-,21-15+. The summed E-state index contributed by atoms with van der Waals surface area (Å²) in [6, 6.07) is 0. The van der Waals surface area contributed by atoms with Gasteiger partial charge in [-0.15, -0.1) is 0 Å². The zero-order chi connectivity index (χ0) is 16.4. The Morgan fingerprint density at radius 1 is 1.24 bits per heavy atom. The molecule has 1 unspecified atom stereocenters. The van der Waals surface area contributed by atoms with E-state index in [4.69, 9.17) is 5.73 Å². The molecule has 0 bridgehead atoms. The predicted octanol–water partition coefficient (Wildman–Crippen LogP) is 4.27. The lowest BCUT2D eigenvalue weighted by Crippen LogP contribution is -1.95. The zero-order valence-corrected chi connectivity index (χ0v) is 13.2. The highest BCUT2D eigenvalue weighted by Gasteiger charge is 1.98. The molecule has 0 aromatic rings. The van der Waals surface area contributed by atoms with Gasteiger partial charge in [-0.25, -0.2) is 9.38 Å². The monoisotopic (exact) mass is 289 g/mol. The van der Waals surface area contributed by atoms with Gasteiger partial charge in [0.05, 0.1) is 0 Å². The van der Waals surface area contributed by atoms with Crippen LogP contribution < -0.4 is 5.73 Å². The predicted molar refractivity (Wildman–Crippen MR) is 91.3 cm³/mol. The van der Waals surface area contributed by atoms with E-state index in [2.05, 4.69) is 23.1 Å². The first-order valence-corrected chi connectivity index (χ1v) is 6.65. The van der Waals surface area contributed by atoms with Crippen LogP contribution in [0.1, 0.15) is 27.7 Å². The summed E-state index contributed by atoms with van der Waals surface area (Å²) in [6.07, 6.45) is 7.26. The third-order valence-corrected chi connectivity index (χ3v) is 2.62. The minimum atomic E-state index is -1.06. The summed E-state index contributed by atoms with van der Waals surface area (Å²) in [4.78, 5) is 8.21. The van der Waals surface area contributed by atoms with Crippen molar-refractivity contribution in [2.45, 2.75) is 33.9 Å². The fraction of sp³-hybridized carbons (Fsp3) is 0.294. The van der Waals surface area contributed by atoms with E-state index >= 15 is 0 Å². The van der Waals surface area contributed by atoms with Crippen LogP contribution in [0, 0.1) is 0 Å². The van der Waals surface area contributed by atoms with Gasteiger partial charge in [0, 0.05) is 18.1 Å². The SMILES string of the molecule is C=C(/C=C(N)\N=C/C)/C(C)=C/N=C(C)/C=C\C(=C)C(C)F. The highest BCUT2D eigenvalue weighted by Crippen LogP contribution is 2.10. The molecule has 0 radical (unpaired) electrons. The van der Waals surface area contributed by atoms with Crippen molar-refractivity contribution in [2.75, 3.05) is 0 Å². The summed E-state index contributed by atoms with van der Waals surface area (Å²) in [5.74, 6) is 0.393. The number of allylic oxidation sites excluding steroid dienone is 6. The minimum absolute atomic E-state index is 0.393. The summed E-state index contributed by atoms with van der Waals surface area (Å²) in [6.45, 7) is 14.5. The highest BCUT2D eigenvalue weighted by atomic mass is 19.1. The normalized spacial score (nSPS) is 15.8. The van der Waals surface area contributed by atoms with Crippen LogP contribution in [0.5, 0.6) is 0 Å². The lowest BCUT2D eigenvalue weighted by molar-refractivity contribution is 0.418. The van der Waals surface area contributed by atoms with E-state index in [0.29, 0.717) is 11.4 Å². The Bertz CT molecular complexity index is 532. The summed E-state index contributed by atoms with van der Waals surface area (Å²) >= 11 is 0. The molecule has 0 aromatic heterocycles. The third-order valence-electron chi connectivity index (χ3n) is 2.62. The number of hydrogen-bond donors (Lipinski definition) is 1. The molecule has 0 spiro atoms. The Labute approximate surface area is 126 Å². The van der Waals surface area contributed by atoms with Crippen molar-refractivity contribution in [1.29, 1.82) is 0 Å². The van der Waals surface area contributed by atoms with Crippen LogP contribution in [0.15, 0.2) is 70.1 Å². The topological polar surface area (TPSA) is 50.7 Å². The Balaban J connectivity index is 4.85. The molecule has 0 heterocycles. The number of aliphatic imine (C=N–C) groups is 2. The van der Waals surface area contributed by atoms with Gasteiger partial charge in [-0.05, 0) is 56.6 Å². The van der Waals surface area contributed by atoms with E-state index in [0.717, 1.165) is 16.9 Å². The van der Waals surface area contributed by atoms with Crippen molar-refractivity contribution in [3.63, 3.8) is 0 Å². The molecule has 21 heavy (non-hydrogen) atoms. The van der Waals surface area contributed by atoms with Crippen molar-refractivity contribution in [2.24, 2.45) is 15.7 Å². The van der Waals surface area contributed by atoms with Gasteiger partial charge in [0.2, 0.25) is 0 Å². The van der Waals surface area contributed by atoms with Crippen LogP contribution in [0.2, 0.25) is 0 Å². The molecule has 0 aliphatic rings. The lowest BCUT2D eigenvalue weighted by atomic mass is 10.1. The van der Waals surface area contributed by atoms with Gasteiger partial charge in [-0.1, -0.05) is 19.2 Å². The molecular formula is C17H24FN3. The maximum atomic E-state index is 12.9. The van der Waals surface area contributed by atoms with E-state index in [9.17, 15) is 4.39 Å². The fourth-order valence-corrected chi connectivity index (χ4v) is 1.16. The van der Waals surface area contributed by atoms with E-state index in [1.165, 1.54) is 6.92 Å². The number of nitrogens with two attached hydrogens (primary N) is 1. The Hall–Kier alpha value is -2.23. The first-order valence-electron chi connectivity index (χ1n) is 6.65. The lowest BCUT2D eigenvalue weighted by Gasteiger charge is -2.00. The van der Waals surface area contributed by atoms with E-state index in [1.54, 1.807) is 37.6 Å². The van der Waals surface area contributed by atoms with Crippen molar-refractivity contribution < 1.29 is 4.39 Å². The van der Waals surface area contributed by atoms with Crippen LogP contribution in [0.25, 0.3) is 0 Å². The van der Waals surface area contributed by atoms with Crippen LogP contribution >= 0.6 is 0 Å². The Morgan fingerprint density at radius 2 is 1.86 bits per heavy atom. The molecule has 0 aromatic carbocycles. The highest BCUT2D eigenvalue weighted by molar-refractivity contribution is 5.93. The minimum Gasteiger partial charge on any atom is -0.384 e. The van der Waals surface area contributed by atoms with Gasteiger partial charge < -0.3 is 5.73 Å². The first kappa shape index (κ1) is 18.8. The molecule has 0 aliphatic heterocycles. The quantitative estimate of drug-likeness (QED) is 0.552. The van der Waals surface area contributed by atoms with Gasteiger partial charge in [0.25, 0.3) is 0 Å². The second-order valence-electron chi connectivity index (χ2n) is 4.59. The number of hydrogen-bond acceptors (Lipinski definition) is 3. The van der Waals surface area contributed by atoms with Gasteiger partial charge in [-0.2, -0.15) is 0 Å². The maximum absolute atomic E-state index is 12.9. The molecule has 0 saturated heterocycles. The average Bonchev–Trinajstić information content (AvgIpc) is 2.41. The summed E-state index contributed by atoms with van der Waals surface area (Å²) in [5.41, 5.74) is 8.44. The van der Waals surface area contributed by atoms with E-state index in [1.807, 2.05) is 13.8 Å². The van der Waals surface area contributed by atoms with Crippen molar-refractivity contribution in [3.8, 4) is 0 Å². The molecule has 1 atom stereocenters. The second kappa shape index (κ2) is 9.64. The van der Waals surface area contributed by atoms with Gasteiger partial charge in [0.15, 0.2) is 0 Å². The number of nitrogens with zero attached hydrogens (tertiary/aromatic N) is 2. The van der Waals surface area contributed by atoms with Crippen LogP contribution in [-0.4, -0.2) is 18.1 Å². The molecule has 0 aliphatic carbocycles. The van der Waals surface area contributed by atoms with Crippen molar-refractivity contribution in [1.82, 2.24) is 0 Å². The van der Waals surface area contributed by atoms with Crippen molar-refractivity contribution >= 4 is 11.9 Å². The third kappa shape index (κ3) is 8.52. The second-order valence-corrected chi connectivity index (χ2v) is 4.59. The number of alkyl halides is 1. The fourth-order valence-electron chi connectivity index (χ4n) is 1.16. The van der Waals surface area contributed by atoms with Crippen LogP contribution in [0.4, 0.5) is 4.39 Å². The smallest absolute Gasteiger partial charge is 0.123 e. The molecule has 0 rings (SSSR count). The molecule has 2 N–H and O–H groups in total. The molecule has 0 saturated carbocycles. The zero-order valence-electron chi connectivity index (χ0n) is 13.2. The van der Waals surface area contributed by atoms with Gasteiger partial charge in [-0.3, -0.25) is 4.99 Å². The number of rotatable bonds is 7. The molecular weight excluding hydrogens is 265 g/mol. The Morgan fingerprint density at radius 3 is 2.38 bits per heavy atom. The number of halogens is 1.